The molecule has 0 radical (unpaired) electrons. The molecule has 0 aliphatic rings. The Morgan fingerprint density at radius 3 is 1.67 bits per heavy atom. The fraction of sp³-hybridized carbons (Fsp3) is 1.00. The molecule has 0 aromatic heterocycles. The summed E-state index contributed by atoms with van der Waals surface area (Å²) in [6.07, 6.45) is 0. The average Bonchev–Trinajstić information content (AvgIpc) is 1.41. The van der Waals surface area contributed by atoms with Crippen molar-refractivity contribution in [3.05, 3.63) is 0 Å². The van der Waals surface area contributed by atoms with Crippen molar-refractivity contribution < 1.29 is 32.4 Å². The molecule has 32 valence electrons. The van der Waals surface area contributed by atoms with Gasteiger partial charge in [-0.15, -0.1) is 0 Å². The van der Waals surface area contributed by atoms with Gasteiger partial charge in [0.05, 0.1) is 0 Å². The van der Waals surface area contributed by atoms with Gasteiger partial charge in [0.15, 0.2) is 0 Å². The second kappa shape index (κ2) is 9.73. The molecule has 6 heavy (non-hydrogen) atoms. The molecule has 0 heterocycles. The van der Waals surface area contributed by atoms with Crippen molar-refractivity contribution in [2.45, 2.75) is 24.4 Å². The van der Waals surface area contributed by atoms with E-state index in [0.29, 0.717) is 0 Å². The molecule has 2 heteroatoms. The van der Waals surface area contributed by atoms with Gasteiger partial charge in [-0.1, -0.05) is 0 Å². The molecule has 0 spiro atoms. The third kappa shape index (κ3) is 9.11. The van der Waals surface area contributed by atoms with Crippen molar-refractivity contribution in [2.75, 3.05) is 0 Å². The summed E-state index contributed by atoms with van der Waals surface area (Å²) < 4.78 is 0. The van der Waals surface area contributed by atoms with E-state index in [9.17, 15) is 0 Å². The predicted molar refractivity (Wildman–Crippen MR) is 28.9 cm³/mol. The summed E-state index contributed by atoms with van der Waals surface area (Å²) in [6.45, 7) is 4.50. The normalized spacial score (nSPS) is 5.67. The van der Waals surface area contributed by atoms with Gasteiger partial charge in [-0.25, -0.2) is 0 Å². The first-order valence-electron chi connectivity index (χ1n) is 2.23. The van der Waals surface area contributed by atoms with Gasteiger partial charge >= 0.3 is 69.2 Å². The van der Waals surface area contributed by atoms with Gasteiger partial charge in [0.2, 0.25) is 0 Å². The van der Waals surface area contributed by atoms with Crippen molar-refractivity contribution in [1.82, 2.24) is 0 Å². The predicted octanol–water partition coefficient (Wildman–Crippen LogP) is -1.20. The third-order valence-electron chi connectivity index (χ3n) is 0.577. The molecular formula is C4H12AlNa. The zero-order chi connectivity index (χ0) is 4.12. The maximum atomic E-state index is 2.25. The first-order valence-corrected chi connectivity index (χ1v) is 3.86. The Bertz CT molecular complexity index is 21.5. The van der Waals surface area contributed by atoms with Gasteiger partial charge in [-0.3, -0.25) is 0 Å². The zero-order valence-corrected chi connectivity index (χ0v) is 8.15. The Morgan fingerprint density at radius 1 is 1.33 bits per heavy atom. The van der Waals surface area contributed by atoms with Gasteiger partial charge in [-0.05, 0) is 0 Å². The number of rotatable bonds is 2. The summed E-state index contributed by atoms with van der Waals surface area (Å²) in [6, 6.07) is 0. The van der Waals surface area contributed by atoms with Gasteiger partial charge in [-0.2, -0.15) is 0 Å². The van der Waals surface area contributed by atoms with Crippen molar-refractivity contribution in [1.29, 1.82) is 0 Å². The topological polar surface area (TPSA) is 0 Å². The summed E-state index contributed by atoms with van der Waals surface area (Å²) in [5, 5.41) is 2.85. The molecule has 0 atom stereocenters. The summed E-state index contributed by atoms with van der Waals surface area (Å²) in [5.74, 6) is 0. The molecule has 0 saturated heterocycles. The van der Waals surface area contributed by atoms with E-state index in [4.69, 9.17) is 0 Å². The molecule has 0 unspecified atom stereocenters. The van der Waals surface area contributed by atoms with Crippen molar-refractivity contribution in [2.24, 2.45) is 0 Å². The van der Waals surface area contributed by atoms with Crippen molar-refractivity contribution in [3.63, 3.8) is 0 Å². The minimum atomic E-state index is 0. The summed E-state index contributed by atoms with van der Waals surface area (Å²) in [5.41, 5.74) is 0. The molecule has 0 N–H and O–H groups in total. The summed E-state index contributed by atoms with van der Waals surface area (Å²) in [4.78, 5) is 0. The fourth-order valence-corrected chi connectivity index (χ4v) is 0.866. The van der Waals surface area contributed by atoms with Crippen LogP contribution in [0.5, 0.6) is 0 Å². The van der Waals surface area contributed by atoms with E-state index in [-0.39, 0.29) is 32.4 Å². The van der Waals surface area contributed by atoms with Crippen LogP contribution in [0.1, 0.15) is 16.7 Å². The number of hydrogen-bond donors (Lipinski definition) is 0. The zero-order valence-electron chi connectivity index (χ0n) is 6.99. The van der Waals surface area contributed by atoms with Crippen molar-refractivity contribution >= 4 is 15.2 Å². The Labute approximate surface area is 71.7 Å². The van der Waals surface area contributed by atoms with E-state index in [1.807, 2.05) is 0 Å². The maximum Gasteiger partial charge on any atom is 1.00 e. The van der Waals surface area contributed by atoms with Crippen LogP contribution in [0.2, 0.25) is 10.6 Å². The van der Waals surface area contributed by atoms with Crippen LogP contribution in [0.3, 0.4) is 0 Å². The van der Waals surface area contributed by atoms with Gasteiger partial charge in [0, 0.05) is 0 Å². The van der Waals surface area contributed by atoms with Crippen LogP contribution in [-0.4, -0.2) is 15.2 Å². The molecule has 0 aromatic rings. The van der Waals surface area contributed by atoms with Gasteiger partial charge in [0.25, 0.3) is 0 Å². The van der Waals surface area contributed by atoms with E-state index in [1.165, 1.54) is 10.6 Å². The maximum absolute atomic E-state index is 2.25. The van der Waals surface area contributed by atoms with Crippen LogP contribution in [0.25, 0.3) is 0 Å². The van der Waals surface area contributed by atoms with E-state index < -0.39 is 0 Å². The molecule has 0 fully saturated rings. The van der Waals surface area contributed by atoms with Gasteiger partial charge < -0.3 is 2.85 Å². The Hall–Kier alpha value is 1.53. The number of hydrogen-bond acceptors (Lipinski definition) is 0. The van der Waals surface area contributed by atoms with Crippen LogP contribution in [0.15, 0.2) is 0 Å². The Balaban J connectivity index is -0.0000000267. The van der Waals surface area contributed by atoms with Crippen LogP contribution in [-0.2, 0) is 0 Å². The first-order chi connectivity index (χ1) is 2.41. The molecule has 0 nitrogen and oxygen atoms in total. The van der Waals surface area contributed by atoms with Gasteiger partial charge in [0.1, 0.15) is 0 Å². The molecule has 0 saturated carbocycles. The minimum absolute atomic E-state index is 0. The molecule has 0 bridgehead atoms. The minimum Gasteiger partial charge on any atom is -1.00 e. The fourth-order valence-electron chi connectivity index (χ4n) is 0.289. The standard InChI is InChI=1S/2C2H5.Al.Na.2H/c2*1-2;;;;/h2*1H2,2H3;;;;/q;;2*+1;2*-1. The van der Waals surface area contributed by atoms with E-state index in [1.54, 1.807) is 0 Å². The van der Waals surface area contributed by atoms with E-state index >= 15 is 0 Å². The van der Waals surface area contributed by atoms with E-state index in [2.05, 4.69) is 13.8 Å². The summed E-state index contributed by atoms with van der Waals surface area (Å²) >= 11 is 0.815. The van der Waals surface area contributed by atoms with Crippen LogP contribution in [0, 0.1) is 0 Å². The monoisotopic (exact) mass is 110 g/mol. The molecule has 0 rings (SSSR count). The second-order valence-electron chi connectivity index (χ2n) is 1.11. The molecule has 0 aliphatic heterocycles. The van der Waals surface area contributed by atoms with Crippen LogP contribution < -0.4 is 29.6 Å². The average molecular weight is 110 g/mol. The van der Waals surface area contributed by atoms with E-state index in [0.717, 1.165) is 15.2 Å². The summed E-state index contributed by atoms with van der Waals surface area (Å²) in [7, 11) is 0. The molecule has 0 aliphatic carbocycles. The van der Waals surface area contributed by atoms with Crippen molar-refractivity contribution in [3.8, 4) is 0 Å². The quantitative estimate of drug-likeness (QED) is 0.391. The van der Waals surface area contributed by atoms with Crippen LogP contribution >= 0.6 is 0 Å². The Kier molecular flexibility index (Phi) is 17.0. The second-order valence-corrected chi connectivity index (χ2v) is 3.32. The third-order valence-corrected chi connectivity index (χ3v) is 1.73. The first kappa shape index (κ1) is 10.5. The molecule has 0 amide bonds. The SMILES string of the molecule is C[CH2][Al+][CH2]C.[H-].[H-].[Na+]. The molecular weight excluding hydrogens is 98.0 g/mol. The largest absolute Gasteiger partial charge is 1.00 e. The Morgan fingerprint density at radius 2 is 1.67 bits per heavy atom. The molecule has 0 aromatic carbocycles. The van der Waals surface area contributed by atoms with Crippen LogP contribution in [0.4, 0.5) is 0 Å². The smallest absolute Gasteiger partial charge is 1.00 e.